The molecule has 0 aromatic heterocycles. The van der Waals surface area contributed by atoms with Crippen molar-refractivity contribution in [3.8, 4) is 6.07 Å². The lowest BCUT2D eigenvalue weighted by Gasteiger charge is -1.90. The topological polar surface area (TPSA) is 76.1 Å². The summed E-state index contributed by atoms with van der Waals surface area (Å²) in [5, 5.41) is 7.90. The second kappa shape index (κ2) is 2.64. The Morgan fingerprint density at radius 3 is 2.50 bits per heavy atom. The van der Waals surface area contributed by atoms with Crippen LogP contribution in [0.2, 0.25) is 0 Å². The molecule has 0 aromatic rings. The molecular weight excluding hydrogens is 108 g/mol. The molecule has 0 saturated heterocycles. The van der Waals surface area contributed by atoms with E-state index in [2.05, 4.69) is 17.0 Å². The lowest BCUT2D eigenvalue weighted by Crippen LogP contribution is -2.11. The molecule has 0 rings (SSSR count). The molecule has 1 amide bonds. The monoisotopic (exact) mass is 112 g/mol. The first-order chi connectivity index (χ1) is 3.66. The second-order valence-corrected chi connectivity index (χ2v) is 0.956. The number of nitrogens with two attached hydrogens (primary N) is 1. The summed E-state index contributed by atoms with van der Waals surface area (Å²) < 4.78 is 3.98. The van der Waals surface area contributed by atoms with Gasteiger partial charge in [-0.15, -0.1) is 0 Å². The number of hydrogen-bond acceptors (Lipinski definition) is 3. The van der Waals surface area contributed by atoms with Crippen molar-refractivity contribution >= 4 is 6.09 Å². The van der Waals surface area contributed by atoms with Crippen LogP contribution < -0.4 is 5.73 Å². The molecule has 0 aliphatic rings. The Kier molecular flexibility index (Phi) is 2.14. The van der Waals surface area contributed by atoms with Crippen molar-refractivity contribution in [3.05, 3.63) is 12.3 Å². The van der Waals surface area contributed by atoms with Gasteiger partial charge in [-0.1, -0.05) is 0 Å². The highest BCUT2D eigenvalue weighted by Gasteiger charge is 1.94. The number of rotatable bonds is 1. The van der Waals surface area contributed by atoms with Gasteiger partial charge in [-0.2, -0.15) is 5.26 Å². The van der Waals surface area contributed by atoms with E-state index in [1.54, 1.807) is 0 Å². The minimum Gasteiger partial charge on any atom is -0.400 e. The normalized spacial score (nSPS) is 6.88. The van der Waals surface area contributed by atoms with Crippen LogP contribution >= 0.6 is 0 Å². The minimum atomic E-state index is -1.02. The fraction of sp³-hybridized carbons (Fsp3) is 0. The third kappa shape index (κ3) is 2.72. The molecule has 0 fully saturated rings. The first-order valence-electron chi connectivity index (χ1n) is 1.73. The maximum Gasteiger partial charge on any atom is 0.410 e. The summed E-state index contributed by atoms with van der Waals surface area (Å²) in [5.41, 5.74) is 4.50. The predicted octanol–water partition coefficient (Wildman–Crippen LogP) is 0.119. The first-order valence-corrected chi connectivity index (χ1v) is 1.73. The van der Waals surface area contributed by atoms with Gasteiger partial charge >= 0.3 is 6.09 Å². The molecule has 42 valence electrons. The number of carbonyl (C=O) groups excluding carboxylic acids is 1. The molecule has 0 bridgehead atoms. The molecule has 0 heterocycles. The number of ether oxygens (including phenoxy) is 1. The zero-order valence-corrected chi connectivity index (χ0v) is 4.05. The Hall–Kier alpha value is -1.50. The Morgan fingerprint density at radius 2 is 2.38 bits per heavy atom. The summed E-state index contributed by atoms with van der Waals surface area (Å²) in [6, 6.07) is 1.48. The van der Waals surface area contributed by atoms with Crippen molar-refractivity contribution in [1.29, 1.82) is 5.26 Å². The second-order valence-electron chi connectivity index (χ2n) is 0.956. The van der Waals surface area contributed by atoms with E-state index in [4.69, 9.17) is 5.26 Å². The van der Waals surface area contributed by atoms with E-state index in [-0.39, 0.29) is 5.76 Å². The van der Waals surface area contributed by atoms with Crippen molar-refractivity contribution in [2.45, 2.75) is 0 Å². The zero-order valence-electron chi connectivity index (χ0n) is 4.05. The van der Waals surface area contributed by atoms with Gasteiger partial charge in [0.15, 0.2) is 0 Å². The van der Waals surface area contributed by atoms with Crippen LogP contribution in [0, 0.1) is 11.3 Å². The quantitative estimate of drug-likeness (QED) is 0.386. The minimum absolute atomic E-state index is 0.294. The first kappa shape index (κ1) is 6.50. The van der Waals surface area contributed by atoms with Gasteiger partial charge in [0.2, 0.25) is 5.76 Å². The Morgan fingerprint density at radius 1 is 1.88 bits per heavy atom. The molecule has 0 unspecified atom stereocenters. The van der Waals surface area contributed by atoms with E-state index in [0.29, 0.717) is 0 Å². The van der Waals surface area contributed by atoms with E-state index >= 15 is 0 Å². The van der Waals surface area contributed by atoms with Gasteiger partial charge in [0.25, 0.3) is 0 Å². The molecule has 2 N–H and O–H groups in total. The summed E-state index contributed by atoms with van der Waals surface area (Å²) in [5.74, 6) is -0.294. The lowest BCUT2D eigenvalue weighted by molar-refractivity contribution is 0.191. The SMILES string of the molecule is C=C(C#N)OC(N)=O. The average Bonchev–Trinajstić information content (AvgIpc) is 1.65. The van der Waals surface area contributed by atoms with Crippen LogP contribution in [-0.4, -0.2) is 6.09 Å². The Bertz CT molecular complexity index is 156. The van der Waals surface area contributed by atoms with Crippen molar-refractivity contribution in [2.24, 2.45) is 5.73 Å². The van der Waals surface area contributed by atoms with Gasteiger partial charge in [0.05, 0.1) is 0 Å². The molecule has 0 spiro atoms. The Labute approximate surface area is 46.2 Å². The molecule has 0 radical (unpaired) electrons. The molecule has 0 aromatic carbocycles. The van der Waals surface area contributed by atoms with Crippen molar-refractivity contribution < 1.29 is 9.53 Å². The number of amides is 1. The standard InChI is InChI=1S/C4H4N2O2/c1-3(2-5)8-4(6)7/h1H2,(H2,6,7). The van der Waals surface area contributed by atoms with Crippen molar-refractivity contribution in [3.63, 3.8) is 0 Å². The van der Waals surface area contributed by atoms with Crippen LogP contribution in [0.1, 0.15) is 0 Å². The van der Waals surface area contributed by atoms with Crippen LogP contribution in [0.15, 0.2) is 12.3 Å². The molecule has 0 atom stereocenters. The maximum absolute atomic E-state index is 9.76. The number of nitriles is 1. The number of carbonyl (C=O) groups is 1. The molecular formula is C4H4N2O2. The highest BCUT2D eigenvalue weighted by atomic mass is 16.5. The van der Waals surface area contributed by atoms with Gasteiger partial charge in [0.1, 0.15) is 6.07 Å². The smallest absolute Gasteiger partial charge is 0.400 e. The lowest BCUT2D eigenvalue weighted by atomic mass is 10.6. The van der Waals surface area contributed by atoms with Gasteiger partial charge in [-0.3, -0.25) is 0 Å². The molecule has 4 heteroatoms. The van der Waals surface area contributed by atoms with Gasteiger partial charge in [0, 0.05) is 0 Å². The van der Waals surface area contributed by atoms with Crippen molar-refractivity contribution in [1.82, 2.24) is 0 Å². The highest BCUT2D eigenvalue weighted by Crippen LogP contribution is 1.86. The number of primary amides is 1. The largest absolute Gasteiger partial charge is 0.410 e. The Balaban J connectivity index is 3.61. The van der Waals surface area contributed by atoms with E-state index in [1.165, 1.54) is 6.07 Å². The van der Waals surface area contributed by atoms with Gasteiger partial charge in [-0.25, -0.2) is 4.79 Å². The molecule has 8 heavy (non-hydrogen) atoms. The van der Waals surface area contributed by atoms with E-state index < -0.39 is 6.09 Å². The molecule has 4 nitrogen and oxygen atoms in total. The predicted molar refractivity (Wildman–Crippen MR) is 25.4 cm³/mol. The van der Waals surface area contributed by atoms with Crippen LogP contribution in [0.3, 0.4) is 0 Å². The van der Waals surface area contributed by atoms with Gasteiger partial charge in [-0.05, 0) is 6.58 Å². The van der Waals surface area contributed by atoms with Crippen LogP contribution in [-0.2, 0) is 4.74 Å². The fourth-order valence-electron chi connectivity index (χ4n) is 0.144. The zero-order chi connectivity index (χ0) is 6.57. The number of allylic oxidation sites excluding steroid dienone is 1. The summed E-state index contributed by atoms with van der Waals surface area (Å²) in [6.07, 6.45) is -1.02. The fourth-order valence-corrected chi connectivity index (χ4v) is 0.144. The number of nitrogens with zero attached hydrogens (tertiary/aromatic N) is 1. The van der Waals surface area contributed by atoms with E-state index in [9.17, 15) is 4.79 Å². The summed E-state index contributed by atoms with van der Waals surface area (Å²) in [6.45, 7) is 3.03. The van der Waals surface area contributed by atoms with E-state index in [0.717, 1.165) is 0 Å². The summed E-state index contributed by atoms with van der Waals surface area (Å²) in [7, 11) is 0. The highest BCUT2D eigenvalue weighted by molar-refractivity contribution is 5.66. The van der Waals surface area contributed by atoms with Gasteiger partial charge < -0.3 is 10.5 Å². The molecule has 0 aliphatic carbocycles. The van der Waals surface area contributed by atoms with Crippen LogP contribution in [0.5, 0.6) is 0 Å². The third-order valence-corrected chi connectivity index (χ3v) is 0.348. The van der Waals surface area contributed by atoms with Crippen molar-refractivity contribution in [2.75, 3.05) is 0 Å². The van der Waals surface area contributed by atoms with E-state index in [1.807, 2.05) is 0 Å². The summed E-state index contributed by atoms with van der Waals surface area (Å²) in [4.78, 5) is 9.76. The average molecular weight is 112 g/mol. The molecule has 0 saturated carbocycles. The van der Waals surface area contributed by atoms with Crippen LogP contribution in [0.4, 0.5) is 4.79 Å². The molecule has 0 aliphatic heterocycles. The summed E-state index contributed by atoms with van der Waals surface area (Å²) >= 11 is 0. The third-order valence-electron chi connectivity index (χ3n) is 0.348. The number of hydrogen-bond donors (Lipinski definition) is 1. The maximum atomic E-state index is 9.76. The van der Waals surface area contributed by atoms with Crippen LogP contribution in [0.25, 0.3) is 0 Å².